The zero-order chi connectivity index (χ0) is 19.5. The van der Waals surface area contributed by atoms with Gasteiger partial charge in [0.2, 0.25) is 5.95 Å². The Morgan fingerprint density at radius 2 is 1.93 bits per heavy atom. The summed E-state index contributed by atoms with van der Waals surface area (Å²) in [6, 6.07) is 6.78. The number of aromatic hydroxyl groups is 1. The number of piperidine rings is 1. The minimum atomic E-state index is -0.0993. The van der Waals surface area contributed by atoms with Gasteiger partial charge in [-0.1, -0.05) is 11.6 Å². The molecule has 28 heavy (non-hydrogen) atoms. The van der Waals surface area contributed by atoms with Crippen molar-refractivity contribution in [2.45, 2.75) is 25.3 Å². The summed E-state index contributed by atoms with van der Waals surface area (Å²) in [5.74, 6) is 1.20. The van der Waals surface area contributed by atoms with Crippen molar-refractivity contribution in [2.75, 3.05) is 44.3 Å². The summed E-state index contributed by atoms with van der Waals surface area (Å²) in [5.41, 5.74) is 1.61. The first-order chi connectivity index (χ1) is 13.6. The number of nitrogens with zero attached hydrogens (tertiary/aromatic N) is 3. The van der Waals surface area contributed by atoms with Gasteiger partial charge in [0.25, 0.3) is 5.56 Å². The molecule has 2 aliphatic heterocycles. The van der Waals surface area contributed by atoms with E-state index in [0.29, 0.717) is 30.7 Å². The first-order valence-electron chi connectivity index (χ1n) is 9.72. The largest absolute Gasteiger partial charge is 0.508 e. The SMILES string of the molecule is O=c1cc(C2CCN(Cc3cc(Cl)ccc3O)CC2)nc(N2CCOCC2)[nH]1. The van der Waals surface area contributed by atoms with Gasteiger partial charge in [0.1, 0.15) is 5.75 Å². The van der Waals surface area contributed by atoms with Crippen molar-refractivity contribution in [3.05, 3.63) is 50.9 Å². The third-order valence-corrected chi connectivity index (χ3v) is 5.74. The third kappa shape index (κ3) is 4.48. The average molecular weight is 405 g/mol. The molecule has 150 valence electrons. The maximum atomic E-state index is 12.2. The zero-order valence-electron chi connectivity index (χ0n) is 15.7. The number of ether oxygens (including phenoxy) is 1. The quantitative estimate of drug-likeness (QED) is 0.814. The summed E-state index contributed by atoms with van der Waals surface area (Å²) in [4.78, 5) is 24.2. The van der Waals surface area contributed by atoms with Gasteiger partial charge in [-0.25, -0.2) is 4.98 Å². The predicted octanol–water partition coefficient (Wildman–Crippen LogP) is 2.35. The molecule has 2 saturated heterocycles. The molecular formula is C20H25ClN4O3. The van der Waals surface area contributed by atoms with E-state index in [-0.39, 0.29) is 17.2 Å². The van der Waals surface area contributed by atoms with Crippen LogP contribution in [-0.4, -0.2) is 59.4 Å². The van der Waals surface area contributed by atoms with Crippen LogP contribution in [0.3, 0.4) is 0 Å². The molecule has 1 aromatic heterocycles. The molecular weight excluding hydrogens is 380 g/mol. The molecule has 0 amide bonds. The number of morpholine rings is 1. The highest BCUT2D eigenvalue weighted by Crippen LogP contribution is 2.29. The van der Waals surface area contributed by atoms with Crippen molar-refractivity contribution in [2.24, 2.45) is 0 Å². The molecule has 0 atom stereocenters. The van der Waals surface area contributed by atoms with Gasteiger partial charge in [-0.2, -0.15) is 0 Å². The van der Waals surface area contributed by atoms with E-state index >= 15 is 0 Å². The van der Waals surface area contributed by atoms with Crippen LogP contribution in [0.5, 0.6) is 5.75 Å². The highest BCUT2D eigenvalue weighted by molar-refractivity contribution is 6.30. The van der Waals surface area contributed by atoms with Crippen LogP contribution in [-0.2, 0) is 11.3 Å². The van der Waals surface area contributed by atoms with Gasteiger partial charge in [0.05, 0.1) is 18.9 Å². The van der Waals surface area contributed by atoms with E-state index in [1.807, 2.05) is 6.07 Å². The van der Waals surface area contributed by atoms with Crippen molar-refractivity contribution in [1.29, 1.82) is 0 Å². The number of phenolic OH excluding ortho intramolecular Hbond substituents is 1. The highest BCUT2D eigenvalue weighted by atomic mass is 35.5. The smallest absolute Gasteiger partial charge is 0.252 e. The topological polar surface area (TPSA) is 81.7 Å². The van der Waals surface area contributed by atoms with Crippen molar-refractivity contribution in [1.82, 2.24) is 14.9 Å². The predicted molar refractivity (Wildman–Crippen MR) is 108 cm³/mol. The Morgan fingerprint density at radius 3 is 2.68 bits per heavy atom. The zero-order valence-corrected chi connectivity index (χ0v) is 16.5. The van der Waals surface area contributed by atoms with Gasteiger partial charge in [-0.15, -0.1) is 0 Å². The van der Waals surface area contributed by atoms with E-state index in [9.17, 15) is 9.90 Å². The Kier molecular flexibility index (Phi) is 5.85. The number of benzene rings is 1. The van der Waals surface area contributed by atoms with Gasteiger partial charge in [0, 0.05) is 42.2 Å². The van der Waals surface area contributed by atoms with E-state index in [4.69, 9.17) is 21.3 Å². The van der Waals surface area contributed by atoms with E-state index in [1.165, 1.54) is 0 Å². The number of aromatic nitrogens is 2. The first-order valence-corrected chi connectivity index (χ1v) is 10.1. The number of H-pyrrole nitrogens is 1. The molecule has 7 nitrogen and oxygen atoms in total. The van der Waals surface area contributed by atoms with Crippen molar-refractivity contribution >= 4 is 17.5 Å². The van der Waals surface area contributed by atoms with Gasteiger partial charge in [0.15, 0.2) is 0 Å². The number of anilines is 1. The second-order valence-corrected chi connectivity index (χ2v) is 7.85. The number of phenols is 1. The summed E-state index contributed by atoms with van der Waals surface area (Å²) < 4.78 is 5.38. The van der Waals surface area contributed by atoms with Gasteiger partial charge in [-0.3, -0.25) is 14.7 Å². The van der Waals surface area contributed by atoms with E-state index in [1.54, 1.807) is 18.2 Å². The molecule has 0 radical (unpaired) electrons. The third-order valence-electron chi connectivity index (χ3n) is 5.50. The summed E-state index contributed by atoms with van der Waals surface area (Å²) >= 11 is 6.05. The van der Waals surface area contributed by atoms with Crippen LogP contribution in [0.25, 0.3) is 0 Å². The molecule has 2 fully saturated rings. The number of likely N-dealkylation sites (tertiary alicyclic amines) is 1. The van der Waals surface area contributed by atoms with Crippen LogP contribution in [0.1, 0.15) is 30.0 Å². The van der Waals surface area contributed by atoms with Gasteiger partial charge in [-0.05, 0) is 44.1 Å². The summed E-state index contributed by atoms with van der Waals surface area (Å²) in [6.07, 6.45) is 1.86. The number of nitrogens with one attached hydrogen (secondary N) is 1. The lowest BCUT2D eigenvalue weighted by atomic mass is 9.93. The van der Waals surface area contributed by atoms with Crippen LogP contribution in [0.2, 0.25) is 5.02 Å². The van der Waals surface area contributed by atoms with E-state index in [0.717, 1.165) is 50.3 Å². The van der Waals surface area contributed by atoms with Crippen LogP contribution in [0, 0.1) is 0 Å². The summed E-state index contributed by atoms with van der Waals surface area (Å²) in [6.45, 7) is 5.24. The maximum absolute atomic E-state index is 12.2. The Balaban J connectivity index is 1.41. The lowest BCUT2D eigenvalue weighted by Crippen LogP contribution is -2.39. The molecule has 2 aromatic rings. The number of rotatable bonds is 4. The van der Waals surface area contributed by atoms with Crippen LogP contribution < -0.4 is 10.5 Å². The fraction of sp³-hybridized carbons (Fsp3) is 0.500. The number of hydrogen-bond acceptors (Lipinski definition) is 6. The van der Waals surface area contributed by atoms with Crippen molar-refractivity contribution < 1.29 is 9.84 Å². The van der Waals surface area contributed by atoms with Crippen molar-refractivity contribution in [3.63, 3.8) is 0 Å². The second kappa shape index (κ2) is 8.51. The fourth-order valence-electron chi connectivity index (χ4n) is 3.91. The second-order valence-electron chi connectivity index (χ2n) is 7.42. The number of hydrogen-bond donors (Lipinski definition) is 2. The van der Waals surface area contributed by atoms with E-state index < -0.39 is 0 Å². The molecule has 0 unspecified atom stereocenters. The number of aromatic amines is 1. The lowest BCUT2D eigenvalue weighted by Gasteiger charge is -2.32. The van der Waals surface area contributed by atoms with E-state index in [2.05, 4.69) is 14.8 Å². The lowest BCUT2D eigenvalue weighted by molar-refractivity contribution is 0.122. The normalized spacial score (nSPS) is 19.1. The minimum absolute atomic E-state index is 0.0993. The fourth-order valence-corrected chi connectivity index (χ4v) is 4.10. The molecule has 2 N–H and O–H groups in total. The van der Waals surface area contributed by atoms with Gasteiger partial charge >= 0.3 is 0 Å². The summed E-state index contributed by atoms with van der Waals surface area (Å²) in [7, 11) is 0. The number of halogens is 1. The van der Waals surface area contributed by atoms with Crippen molar-refractivity contribution in [3.8, 4) is 5.75 Å². The molecule has 0 aliphatic carbocycles. The molecule has 4 rings (SSSR count). The monoisotopic (exact) mass is 404 g/mol. The van der Waals surface area contributed by atoms with Crippen LogP contribution in [0.15, 0.2) is 29.1 Å². The van der Waals surface area contributed by atoms with Crippen LogP contribution >= 0.6 is 11.6 Å². The molecule has 0 saturated carbocycles. The summed E-state index contributed by atoms with van der Waals surface area (Å²) in [5, 5.41) is 10.7. The Labute approximate surface area is 168 Å². The molecule has 0 spiro atoms. The average Bonchev–Trinajstić information content (AvgIpc) is 2.71. The molecule has 0 bridgehead atoms. The Morgan fingerprint density at radius 1 is 1.18 bits per heavy atom. The Bertz CT molecular complexity index is 874. The molecule has 3 heterocycles. The molecule has 1 aromatic carbocycles. The molecule has 8 heteroatoms. The highest BCUT2D eigenvalue weighted by Gasteiger charge is 2.24. The maximum Gasteiger partial charge on any atom is 0.252 e. The molecule has 2 aliphatic rings. The first kappa shape index (κ1) is 19.2. The standard InChI is InChI=1S/C20H25ClN4O3/c21-16-1-2-18(26)15(11-16)13-24-5-3-14(4-6-24)17-12-19(27)23-20(22-17)25-7-9-28-10-8-25/h1-2,11-12,14,26H,3-10,13H2,(H,22,23,27). The van der Waals surface area contributed by atoms with Gasteiger partial charge < -0.3 is 14.7 Å². The minimum Gasteiger partial charge on any atom is -0.508 e. The Hall–Kier alpha value is -2.09. The van der Waals surface area contributed by atoms with Crippen LogP contribution in [0.4, 0.5) is 5.95 Å².